The van der Waals surface area contributed by atoms with Gasteiger partial charge >= 0.3 is 0 Å². The third kappa shape index (κ3) is 4.72. The van der Waals surface area contributed by atoms with Crippen molar-refractivity contribution < 1.29 is 4.74 Å². The van der Waals surface area contributed by atoms with Crippen LogP contribution >= 0.6 is 11.6 Å². The Bertz CT molecular complexity index is 587. The highest BCUT2D eigenvalue weighted by Crippen LogP contribution is 2.14. The number of hydrogen-bond acceptors (Lipinski definition) is 4. The van der Waals surface area contributed by atoms with Crippen LogP contribution in [-0.4, -0.2) is 20.1 Å². The zero-order chi connectivity index (χ0) is 15.5. The first-order chi connectivity index (χ1) is 9.85. The Balaban J connectivity index is 1.89. The quantitative estimate of drug-likeness (QED) is 0.922. The van der Waals surface area contributed by atoms with E-state index in [1.54, 1.807) is 17.0 Å². The van der Waals surface area contributed by atoms with Crippen LogP contribution in [-0.2, 0) is 20.2 Å². The van der Waals surface area contributed by atoms with E-state index in [0.29, 0.717) is 17.5 Å². The van der Waals surface area contributed by atoms with Gasteiger partial charge in [-0.1, -0.05) is 11.6 Å². The first kappa shape index (κ1) is 15.8. The average Bonchev–Trinajstić information content (AvgIpc) is 2.75. The summed E-state index contributed by atoms with van der Waals surface area (Å²) in [4.78, 5) is 8.56. The monoisotopic (exact) mass is 308 g/mol. The molecule has 0 radical (unpaired) electrons. The second-order valence-electron chi connectivity index (χ2n) is 5.93. The van der Waals surface area contributed by atoms with Crippen LogP contribution < -0.4 is 10.1 Å². The van der Waals surface area contributed by atoms with Crippen molar-refractivity contribution in [3.63, 3.8) is 0 Å². The van der Waals surface area contributed by atoms with Crippen LogP contribution in [0.15, 0.2) is 24.5 Å². The molecule has 0 aromatic carbocycles. The van der Waals surface area contributed by atoms with Gasteiger partial charge in [-0.2, -0.15) is 0 Å². The Hall–Kier alpha value is -1.59. The number of ether oxygens (including phenoxy) is 1. The molecule has 0 atom stereocenters. The van der Waals surface area contributed by atoms with Crippen molar-refractivity contribution in [2.45, 2.75) is 39.5 Å². The summed E-state index contributed by atoms with van der Waals surface area (Å²) in [6.45, 7) is 7.48. The standard InChI is InChI=1S/C15H21ClN4O/c1-15(2,3)19-7-11-5-6-12(8-17-11)21-10-14-18-9-13(16)20(14)4/h5-6,8-9,19H,7,10H2,1-4H3. The molecule has 6 heteroatoms. The first-order valence-corrected chi connectivity index (χ1v) is 7.22. The van der Waals surface area contributed by atoms with Gasteiger partial charge in [0.05, 0.1) is 18.1 Å². The highest BCUT2D eigenvalue weighted by molar-refractivity contribution is 6.29. The molecule has 21 heavy (non-hydrogen) atoms. The van der Waals surface area contributed by atoms with E-state index in [9.17, 15) is 0 Å². The van der Waals surface area contributed by atoms with Crippen LogP contribution in [0.2, 0.25) is 5.15 Å². The van der Waals surface area contributed by atoms with E-state index in [-0.39, 0.29) is 5.54 Å². The van der Waals surface area contributed by atoms with E-state index in [0.717, 1.165) is 18.1 Å². The van der Waals surface area contributed by atoms with Crippen molar-refractivity contribution in [1.29, 1.82) is 0 Å². The minimum atomic E-state index is 0.0777. The van der Waals surface area contributed by atoms with Crippen LogP contribution in [0.5, 0.6) is 5.75 Å². The number of nitrogens with one attached hydrogen (secondary N) is 1. The number of halogens is 1. The second-order valence-corrected chi connectivity index (χ2v) is 6.32. The lowest BCUT2D eigenvalue weighted by Crippen LogP contribution is -2.35. The molecule has 0 spiro atoms. The van der Waals surface area contributed by atoms with E-state index >= 15 is 0 Å². The molecule has 0 amide bonds. The van der Waals surface area contributed by atoms with E-state index in [2.05, 4.69) is 36.1 Å². The van der Waals surface area contributed by atoms with Gasteiger partial charge in [-0.25, -0.2) is 4.98 Å². The zero-order valence-corrected chi connectivity index (χ0v) is 13.6. The Morgan fingerprint density at radius 3 is 2.52 bits per heavy atom. The smallest absolute Gasteiger partial charge is 0.147 e. The SMILES string of the molecule is Cn1c(Cl)cnc1COc1ccc(CNC(C)(C)C)nc1. The summed E-state index contributed by atoms with van der Waals surface area (Å²) < 4.78 is 7.45. The molecule has 2 rings (SSSR count). The molecule has 0 saturated carbocycles. The van der Waals surface area contributed by atoms with Crippen molar-refractivity contribution in [3.05, 3.63) is 41.2 Å². The number of rotatable bonds is 5. The van der Waals surface area contributed by atoms with Gasteiger partial charge in [0, 0.05) is 19.1 Å². The summed E-state index contributed by atoms with van der Waals surface area (Å²) in [6, 6.07) is 3.87. The predicted octanol–water partition coefficient (Wildman–Crippen LogP) is 2.94. The maximum atomic E-state index is 5.93. The molecule has 0 bridgehead atoms. The van der Waals surface area contributed by atoms with Crippen molar-refractivity contribution in [1.82, 2.24) is 19.9 Å². The summed E-state index contributed by atoms with van der Waals surface area (Å²) in [5.41, 5.74) is 1.06. The molecule has 0 saturated heterocycles. The fourth-order valence-electron chi connectivity index (χ4n) is 1.66. The molecule has 0 aliphatic heterocycles. The summed E-state index contributed by atoms with van der Waals surface area (Å²) in [6.07, 6.45) is 3.34. The Morgan fingerprint density at radius 1 is 1.24 bits per heavy atom. The van der Waals surface area contributed by atoms with E-state index in [1.165, 1.54) is 0 Å². The molecule has 2 aromatic heterocycles. The third-order valence-corrected chi connectivity index (χ3v) is 3.34. The van der Waals surface area contributed by atoms with Crippen LogP contribution in [0, 0.1) is 0 Å². The molecule has 0 fully saturated rings. The molecule has 114 valence electrons. The van der Waals surface area contributed by atoms with Gasteiger partial charge in [-0.3, -0.25) is 4.98 Å². The molecule has 2 heterocycles. The molecule has 2 aromatic rings. The van der Waals surface area contributed by atoms with E-state index in [1.807, 2.05) is 19.2 Å². The van der Waals surface area contributed by atoms with Crippen molar-refractivity contribution in [3.8, 4) is 5.75 Å². The molecule has 1 N–H and O–H groups in total. The maximum absolute atomic E-state index is 5.93. The lowest BCUT2D eigenvalue weighted by Gasteiger charge is -2.20. The third-order valence-electron chi connectivity index (χ3n) is 2.99. The molecule has 5 nitrogen and oxygen atoms in total. The Kier molecular flexibility index (Phi) is 4.85. The lowest BCUT2D eigenvalue weighted by atomic mass is 10.1. The summed E-state index contributed by atoms with van der Waals surface area (Å²) in [7, 11) is 1.85. The minimum absolute atomic E-state index is 0.0777. The van der Waals surface area contributed by atoms with Crippen LogP contribution in [0.1, 0.15) is 32.3 Å². The fraction of sp³-hybridized carbons (Fsp3) is 0.467. The highest BCUT2D eigenvalue weighted by Gasteiger charge is 2.09. The van der Waals surface area contributed by atoms with Crippen LogP contribution in [0.4, 0.5) is 0 Å². The van der Waals surface area contributed by atoms with Gasteiger partial charge in [0.25, 0.3) is 0 Å². The first-order valence-electron chi connectivity index (χ1n) is 6.84. The van der Waals surface area contributed by atoms with Crippen molar-refractivity contribution >= 4 is 11.6 Å². The van der Waals surface area contributed by atoms with Gasteiger partial charge in [0.15, 0.2) is 0 Å². The van der Waals surface area contributed by atoms with Crippen molar-refractivity contribution in [2.24, 2.45) is 7.05 Å². The van der Waals surface area contributed by atoms with E-state index < -0.39 is 0 Å². The average molecular weight is 309 g/mol. The summed E-state index contributed by atoms with van der Waals surface area (Å²) in [5.74, 6) is 1.49. The minimum Gasteiger partial charge on any atom is -0.484 e. The number of imidazole rings is 1. The zero-order valence-electron chi connectivity index (χ0n) is 12.9. The molecule has 0 unspecified atom stereocenters. The van der Waals surface area contributed by atoms with Crippen molar-refractivity contribution in [2.75, 3.05) is 0 Å². The molecular formula is C15H21ClN4O. The number of pyridine rings is 1. The second kappa shape index (κ2) is 6.45. The van der Waals surface area contributed by atoms with E-state index in [4.69, 9.17) is 16.3 Å². The normalized spacial score (nSPS) is 11.7. The van der Waals surface area contributed by atoms with Gasteiger partial charge in [-0.15, -0.1) is 0 Å². The maximum Gasteiger partial charge on any atom is 0.147 e. The van der Waals surface area contributed by atoms with Gasteiger partial charge < -0.3 is 14.6 Å². The highest BCUT2D eigenvalue weighted by atomic mass is 35.5. The lowest BCUT2D eigenvalue weighted by molar-refractivity contribution is 0.290. The Morgan fingerprint density at radius 2 is 2.00 bits per heavy atom. The summed E-state index contributed by atoms with van der Waals surface area (Å²) in [5, 5.41) is 3.99. The van der Waals surface area contributed by atoms with Gasteiger partial charge in [0.1, 0.15) is 23.3 Å². The fourth-order valence-corrected chi connectivity index (χ4v) is 1.81. The molecule has 0 aliphatic rings. The van der Waals surface area contributed by atoms with Gasteiger partial charge in [-0.05, 0) is 32.9 Å². The predicted molar refractivity (Wildman–Crippen MR) is 83.4 cm³/mol. The molecule has 0 aliphatic carbocycles. The van der Waals surface area contributed by atoms with Crippen LogP contribution in [0.25, 0.3) is 0 Å². The number of nitrogens with zero attached hydrogens (tertiary/aromatic N) is 3. The van der Waals surface area contributed by atoms with Gasteiger partial charge in [0.2, 0.25) is 0 Å². The topological polar surface area (TPSA) is 52.0 Å². The van der Waals surface area contributed by atoms with Crippen LogP contribution in [0.3, 0.4) is 0 Å². The summed E-state index contributed by atoms with van der Waals surface area (Å²) >= 11 is 5.93. The molecular weight excluding hydrogens is 288 g/mol. The number of aromatic nitrogens is 3. The largest absolute Gasteiger partial charge is 0.484 e. The number of hydrogen-bond donors (Lipinski definition) is 1. The Labute approximate surface area is 130 Å².